The lowest BCUT2D eigenvalue weighted by Crippen LogP contribution is -2.29. The van der Waals surface area contributed by atoms with E-state index >= 15 is 0 Å². The first kappa shape index (κ1) is 23.2. The van der Waals surface area contributed by atoms with Gasteiger partial charge in [-0.05, 0) is 42.8 Å². The highest BCUT2D eigenvalue weighted by Crippen LogP contribution is 2.40. The minimum absolute atomic E-state index is 0.229. The molecule has 3 amide bonds. The van der Waals surface area contributed by atoms with E-state index in [9.17, 15) is 19.2 Å². The number of ether oxygens (including phenoxy) is 1. The maximum atomic E-state index is 13.2. The van der Waals surface area contributed by atoms with Crippen LogP contribution in [0.25, 0.3) is 11.1 Å². The molecule has 0 unspecified atom stereocenters. The highest BCUT2D eigenvalue weighted by atomic mass is 32.1. The van der Waals surface area contributed by atoms with Crippen LogP contribution in [0.3, 0.4) is 0 Å². The third-order valence-corrected chi connectivity index (χ3v) is 6.94. The monoisotopic (exact) mass is 496 g/mol. The van der Waals surface area contributed by atoms with Gasteiger partial charge in [0.2, 0.25) is 0 Å². The number of thiophene rings is 1. The van der Waals surface area contributed by atoms with Crippen molar-refractivity contribution in [1.82, 2.24) is 0 Å². The van der Waals surface area contributed by atoms with Gasteiger partial charge in [0.05, 0.1) is 23.9 Å². The Labute approximate surface area is 210 Å². The Hall–Kier alpha value is -4.56. The van der Waals surface area contributed by atoms with E-state index in [-0.39, 0.29) is 16.8 Å². The average Bonchev–Trinajstić information content (AvgIpc) is 3.36. The molecule has 4 aromatic rings. The number of anilines is 2. The molecule has 2 heterocycles. The van der Waals surface area contributed by atoms with E-state index in [2.05, 4.69) is 5.32 Å². The van der Waals surface area contributed by atoms with E-state index in [1.54, 1.807) is 42.5 Å². The molecule has 0 saturated carbocycles. The van der Waals surface area contributed by atoms with Crippen molar-refractivity contribution in [2.75, 3.05) is 17.3 Å². The molecule has 0 saturated heterocycles. The maximum Gasteiger partial charge on any atom is 0.341 e. The zero-order chi connectivity index (χ0) is 25.4. The van der Waals surface area contributed by atoms with Crippen molar-refractivity contribution in [2.24, 2.45) is 0 Å². The van der Waals surface area contributed by atoms with Gasteiger partial charge in [-0.3, -0.25) is 14.4 Å². The summed E-state index contributed by atoms with van der Waals surface area (Å²) >= 11 is 1.27. The number of carbonyl (C=O) groups excluding carboxylic acids is 4. The number of hydrogen-bond donors (Lipinski definition) is 1. The number of rotatable bonds is 5. The fraction of sp³-hybridized carbons (Fsp3) is 0.0714. The Morgan fingerprint density at radius 1 is 0.861 bits per heavy atom. The first-order chi connectivity index (χ1) is 17.4. The molecule has 0 spiro atoms. The fourth-order valence-electron chi connectivity index (χ4n) is 4.27. The minimum Gasteiger partial charge on any atom is -0.465 e. The molecule has 1 N–H and O–H groups in total. The lowest BCUT2D eigenvalue weighted by atomic mass is 10.0. The van der Waals surface area contributed by atoms with Crippen molar-refractivity contribution < 1.29 is 23.9 Å². The summed E-state index contributed by atoms with van der Waals surface area (Å²) in [5, 5.41) is 3.18. The largest absolute Gasteiger partial charge is 0.465 e. The zero-order valence-corrected chi connectivity index (χ0v) is 20.2. The quantitative estimate of drug-likeness (QED) is 0.288. The number of esters is 1. The molecule has 178 valence electrons. The predicted octanol–water partition coefficient (Wildman–Crippen LogP) is 5.56. The third kappa shape index (κ3) is 3.87. The summed E-state index contributed by atoms with van der Waals surface area (Å²) in [6, 6.07) is 22.3. The van der Waals surface area contributed by atoms with Crippen molar-refractivity contribution in [3.05, 3.63) is 106 Å². The second-order valence-electron chi connectivity index (χ2n) is 8.09. The molecule has 36 heavy (non-hydrogen) atoms. The summed E-state index contributed by atoms with van der Waals surface area (Å²) in [4.78, 5) is 53.6. The second-order valence-corrected chi connectivity index (χ2v) is 9.32. The van der Waals surface area contributed by atoms with E-state index in [0.717, 1.165) is 15.3 Å². The van der Waals surface area contributed by atoms with Gasteiger partial charge >= 0.3 is 5.97 Å². The van der Waals surface area contributed by atoms with Gasteiger partial charge < -0.3 is 10.1 Å². The molecule has 0 aliphatic carbocycles. The van der Waals surface area contributed by atoms with Crippen LogP contribution < -0.4 is 10.2 Å². The molecule has 5 rings (SSSR count). The normalized spacial score (nSPS) is 12.4. The molecule has 0 fully saturated rings. The molecule has 1 aromatic heterocycles. The predicted molar refractivity (Wildman–Crippen MR) is 138 cm³/mol. The Bertz CT molecular complexity index is 1510. The van der Waals surface area contributed by atoms with Crippen molar-refractivity contribution in [1.29, 1.82) is 0 Å². The van der Waals surface area contributed by atoms with E-state index < -0.39 is 23.7 Å². The summed E-state index contributed by atoms with van der Waals surface area (Å²) < 4.78 is 5.02. The number of fused-ring (bicyclic) bond motifs is 1. The Kier molecular flexibility index (Phi) is 5.95. The van der Waals surface area contributed by atoms with Crippen LogP contribution in [0.1, 0.15) is 46.3 Å². The molecular formula is C28H20N2O5S. The van der Waals surface area contributed by atoms with E-state index in [4.69, 9.17) is 4.74 Å². The number of carbonyl (C=O) groups is 4. The minimum atomic E-state index is -0.562. The van der Waals surface area contributed by atoms with Gasteiger partial charge in [-0.25, -0.2) is 9.69 Å². The van der Waals surface area contributed by atoms with Gasteiger partial charge in [0.15, 0.2) is 0 Å². The lowest BCUT2D eigenvalue weighted by Gasteiger charge is -2.15. The highest BCUT2D eigenvalue weighted by molar-refractivity contribution is 7.17. The van der Waals surface area contributed by atoms with Crippen molar-refractivity contribution >= 4 is 45.7 Å². The maximum absolute atomic E-state index is 13.2. The SMILES string of the molecule is COC(=O)c1c(NC(=O)c2cccc(N3C(=O)c4ccccc4C3=O)c2)sc(C)c1-c1ccccc1. The van der Waals surface area contributed by atoms with Crippen molar-refractivity contribution in [3.63, 3.8) is 0 Å². The summed E-state index contributed by atoms with van der Waals surface area (Å²) in [6.45, 7) is 1.87. The fourth-order valence-corrected chi connectivity index (χ4v) is 5.33. The molecule has 3 aromatic carbocycles. The molecule has 0 radical (unpaired) electrons. The molecule has 7 nitrogen and oxygen atoms in total. The van der Waals surface area contributed by atoms with Crippen LogP contribution >= 0.6 is 11.3 Å². The van der Waals surface area contributed by atoms with E-state index in [0.29, 0.717) is 21.7 Å². The molecule has 1 aliphatic rings. The van der Waals surface area contributed by atoms with Crippen LogP contribution in [0.4, 0.5) is 10.7 Å². The number of imide groups is 1. The number of amides is 3. The van der Waals surface area contributed by atoms with Crippen LogP contribution in [0.2, 0.25) is 0 Å². The zero-order valence-electron chi connectivity index (χ0n) is 19.4. The Morgan fingerprint density at radius 2 is 1.50 bits per heavy atom. The number of methoxy groups -OCH3 is 1. The summed E-state index contributed by atoms with van der Waals surface area (Å²) in [5.74, 6) is -1.93. The average molecular weight is 497 g/mol. The van der Waals surface area contributed by atoms with Crippen LogP contribution in [-0.4, -0.2) is 30.8 Å². The highest BCUT2D eigenvalue weighted by Gasteiger charge is 2.36. The smallest absolute Gasteiger partial charge is 0.341 e. The van der Waals surface area contributed by atoms with Gasteiger partial charge in [0, 0.05) is 16.0 Å². The van der Waals surface area contributed by atoms with Gasteiger partial charge in [0.25, 0.3) is 17.7 Å². The van der Waals surface area contributed by atoms with Crippen LogP contribution in [0, 0.1) is 6.92 Å². The molecule has 1 aliphatic heterocycles. The van der Waals surface area contributed by atoms with Gasteiger partial charge in [0.1, 0.15) is 10.6 Å². The number of nitrogens with zero attached hydrogens (tertiary/aromatic N) is 1. The summed E-state index contributed by atoms with van der Waals surface area (Å²) in [7, 11) is 1.29. The Balaban J connectivity index is 1.48. The first-order valence-corrected chi connectivity index (χ1v) is 11.9. The molecule has 8 heteroatoms. The van der Waals surface area contributed by atoms with Gasteiger partial charge in [-0.2, -0.15) is 0 Å². The van der Waals surface area contributed by atoms with E-state index in [1.165, 1.54) is 24.5 Å². The summed E-state index contributed by atoms with van der Waals surface area (Å²) in [5.41, 5.74) is 2.96. The number of benzene rings is 3. The lowest BCUT2D eigenvalue weighted by molar-refractivity contribution is 0.0603. The number of aryl methyl sites for hydroxylation is 1. The second kappa shape index (κ2) is 9.24. The molecule has 0 atom stereocenters. The molecular weight excluding hydrogens is 476 g/mol. The number of nitrogens with one attached hydrogen (secondary N) is 1. The van der Waals surface area contributed by atoms with Gasteiger partial charge in [-0.1, -0.05) is 48.5 Å². The van der Waals surface area contributed by atoms with Gasteiger partial charge in [-0.15, -0.1) is 11.3 Å². The van der Waals surface area contributed by atoms with Crippen molar-refractivity contribution in [3.8, 4) is 11.1 Å². The standard InChI is InChI=1S/C28H20N2O5S/c1-16-22(17-9-4-3-5-10-17)23(28(34)35-2)25(36-16)29-24(31)18-11-8-12-19(15-18)30-26(32)20-13-6-7-14-21(20)27(30)33/h3-15H,1-2H3,(H,29,31). The van der Waals surface area contributed by atoms with Crippen LogP contribution in [0.15, 0.2) is 78.9 Å². The first-order valence-electron chi connectivity index (χ1n) is 11.1. The topological polar surface area (TPSA) is 92.8 Å². The van der Waals surface area contributed by atoms with Crippen LogP contribution in [0.5, 0.6) is 0 Å². The van der Waals surface area contributed by atoms with Crippen molar-refractivity contribution in [2.45, 2.75) is 6.92 Å². The van der Waals surface area contributed by atoms with E-state index in [1.807, 2.05) is 37.3 Å². The Morgan fingerprint density at radius 3 is 2.14 bits per heavy atom. The third-order valence-electron chi connectivity index (χ3n) is 5.92. The van der Waals surface area contributed by atoms with Crippen LogP contribution in [-0.2, 0) is 4.74 Å². The summed E-state index contributed by atoms with van der Waals surface area (Å²) in [6.07, 6.45) is 0. The molecule has 0 bridgehead atoms. The number of hydrogen-bond acceptors (Lipinski definition) is 6.